The molecule has 0 aliphatic carbocycles. The molecule has 0 spiro atoms. The molecule has 11 heteroatoms. The second kappa shape index (κ2) is 7.09. The van der Waals surface area contributed by atoms with E-state index in [0.717, 1.165) is 11.3 Å². The summed E-state index contributed by atoms with van der Waals surface area (Å²) in [4.78, 5) is 22.0. The first-order valence-electron chi connectivity index (χ1n) is 5.90. The van der Waals surface area contributed by atoms with Crippen LogP contribution in [0.25, 0.3) is 0 Å². The molecule has 2 heterocycles. The largest absolute Gasteiger partial charge is 0.408 e. The maximum atomic E-state index is 12.7. The molecule has 1 N–H and O–H groups in total. The van der Waals surface area contributed by atoms with Crippen LogP contribution in [0.15, 0.2) is 23.4 Å². The number of hydrazone groups is 1. The highest BCUT2D eigenvalue weighted by atomic mass is 35.5. The van der Waals surface area contributed by atoms with Gasteiger partial charge in [-0.15, -0.1) is 11.3 Å². The number of carbonyl (C=O) groups is 1. The van der Waals surface area contributed by atoms with E-state index >= 15 is 0 Å². The number of rotatable bonds is 6. The molecule has 0 aliphatic rings. The molecule has 0 saturated heterocycles. The molecule has 0 aliphatic heterocycles. The second-order valence-electron chi connectivity index (χ2n) is 4.01. The highest BCUT2D eigenvalue weighted by molar-refractivity contribution is 7.12. The van der Waals surface area contributed by atoms with Gasteiger partial charge in [0, 0.05) is 6.42 Å². The molecular weight excluding hydrogens is 337 g/mol. The molecule has 0 radical (unpaired) electrons. The van der Waals surface area contributed by atoms with E-state index in [1.54, 1.807) is 0 Å². The van der Waals surface area contributed by atoms with Gasteiger partial charge in [-0.05, 0) is 17.1 Å². The topological polar surface area (TPSA) is 102 Å². The second-order valence-corrected chi connectivity index (χ2v) is 5.48. The number of nitrogens with zero attached hydrogens (tertiary/aromatic N) is 4. The summed E-state index contributed by atoms with van der Waals surface area (Å²) in [6.45, 7) is 0.114. The van der Waals surface area contributed by atoms with E-state index in [2.05, 4.69) is 15.6 Å². The monoisotopic (exact) mass is 345 g/mol. The number of thiophene rings is 1. The van der Waals surface area contributed by atoms with Gasteiger partial charge >= 0.3 is 5.82 Å². The molecule has 0 saturated carbocycles. The number of nitrogens with one attached hydrogen (secondary N) is 1. The lowest BCUT2D eigenvalue weighted by molar-refractivity contribution is -0.389. The van der Waals surface area contributed by atoms with Gasteiger partial charge < -0.3 is 10.1 Å². The molecule has 2 rings (SSSR count). The summed E-state index contributed by atoms with van der Waals surface area (Å²) in [5, 5.41) is 17.4. The third kappa shape index (κ3) is 4.33. The number of hydrogen-bond acceptors (Lipinski definition) is 6. The molecule has 0 aromatic carbocycles. The molecule has 2 aromatic heterocycles. The lowest BCUT2D eigenvalue weighted by Crippen LogP contribution is -2.19. The van der Waals surface area contributed by atoms with Gasteiger partial charge in [0.1, 0.15) is 0 Å². The van der Waals surface area contributed by atoms with Crippen LogP contribution in [0.2, 0.25) is 5.02 Å². The zero-order valence-electron chi connectivity index (χ0n) is 10.9. The fraction of sp³-hybridized carbons (Fsp3) is 0.182. The molecular formula is C11H9ClFN5O3S. The Balaban J connectivity index is 1.81. The summed E-state index contributed by atoms with van der Waals surface area (Å²) in [6.07, 6.45) is 2.59. The molecule has 0 unspecified atom stereocenters. The van der Waals surface area contributed by atoms with Crippen molar-refractivity contribution >= 4 is 40.9 Å². The first-order valence-corrected chi connectivity index (χ1v) is 7.09. The Morgan fingerprint density at radius 2 is 2.41 bits per heavy atom. The molecule has 0 fully saturated rings. The van der Waals surface area contributed by atoms with Crippen molar-refractivity contribution in [1.29, 1.82) is 0 Å². The zero-order valence-corrected chi connectivity index (χ0v) is 12.5. The number of aryl methyl sites for hydroxylation is 1. The Kier molecular flexibility index (Phi) is 5.17. The molecule has 22 heavy (non-hydrogen) atoms. The minimum absolute atomic E-state index is 0.00526. The highest BCUT2D eigenvalue weighted by Gasteiger charge is 2.19. The number of nitro groups is 1. The van der Waals surface area contributed by atoms with Crippen LogP contribution in [0, 0.1) is 15.2 Å². The molecule has 0 bridgehead atoms. The van der Waals surface area contributed by atoms with Gasteiger partial charge in [0.2, 0.25) is 5.91 Å². The fourth-order valence-electron chi connectivity index (χ4n) is 1.46. The van der Waals surface area contributed by atoms with Crippen LogP contribution in [-0.2, 0) is 11.3 Å². The third-order valence-electron chi connectivity index (χ3n) is 2.42. The van der Waals surface area contributed by atoms with Crippen molar-refractivity contribution in [3.8, 4) is 0 Å². The summed E-state index contributed by atoms with van der Waals surface area (Å²) < 4.78 is 13.9. The summed E-state index contributed by atoms with van der Waals surface area (Å²) in [6, 6.07) is 2.82. The zero-order chi connectivity index (χ0) is 16.1. The standard InChI is InChI=1S/C11H9ClFN5O3S/c12-8-6-17(16-11(8)18(20)21)4-3-10(19)15-14-5-7-1-2-9(13)22-7/h1-2,5-6H,3-4H2,(H,15,19)/b14-5-. The summed E-state index contributed by atoms with van der Waals surface area (Å²) in [5.41, 5.74) is 2.26. The van der Waals surface area contributed by atoms with Crippen molar-refractivity contribution in [2.75, 3.05) is 0 Å². The SMILES string of the molecule is O=C(CCn1cc(Cl)c([N+](=O)[O-])n1)N/N=C\c1ccc(F)s1. The number of carbonyl (C=O) groups excluding carboxylic acids is 1. The van der Waals surface area contributed by atoms with Gasteiger partial charge in [0.15, 0.2) is 10.2 Å². The number of aromatic nitrogens is 2. The van der Waals surface area contributed by atoms with Gasteiger partial charge in [0.25, 0.3) is 0 Å². The first-order chi connectivity index (χ1) is 10.5. The smallest absolute Gasteiger partial charge is 0.358 e. The summed E-state index contributed by atoms with van der Waals surface area (Å²) in [7, 11) is 0. The molecule has 0 atom stereocenters. The predicted molar refractivity (Wildman–Crippen MR) is 78.5 cm³/mol. The van der Waals surface area contributed by atoms with E-state index in [1.807, 2.05) is 0 Å². The van der Waals surface area contributed by atoms with Gasteiger partial charge in [0.05, 0.1) is 28.9 Å². The number of hydrogen-bond donors (Lipinski definition) is 1. The molecule has 8 nitrogen and oxygen atoms in total. The van der Waals surface area contributed by atoms with Gasteiger partial charge in [-0.1, -0.05) is 11.6 Å². The maximum absolute atomic E-state index is 12.7. The Bertz CT molecular complexity index is 729. The fourth-order valence-corrected chi connectivity index (χ4v) is 2.28. The van der Waals surface area contributed by atoms with E-state index in [0.29, 0.717) is 4.88 Å². The van der Waals surface area contributed by atoms with E-state index < -0.39 is 16.6 Å². The minimum atomic E-state index is -0.705. The van der Waals surface area contributed by atoms with Crippen molar-refractivity contribution in [1.82, 2.24) is 15.2 Å². The van der Waals surface area contributed by atoms with Crippen LogP contribution in [0.5, 0.6) is 0 Å². The Hall–Kier alpha value is -2.33. The van der Waals surface area contributed by atoms with Crippen LogP contribution >= 0.6 is 22.9 Å². The van der Waals surface area contributed by atoms with Crippen molar-refractivity contribution in [2.24, 2.45) is 5.10 Å². The Morgan fingerprint density at radius 3 is 3.00 bits per heavy atom. The molecule has 1 amide bonds. The van der Waals surface area contributed by atoms with Crippen LogP contribution < -0.4 is 5.43 Å². The van der Waals surface area contributed by atoms with E-state index in [1.165, 1.54) is 29.2 Å². The van der Waals surface area contributed by atoms with Crippen molar-refractivity contribution < 1.29 is 14.1 Å². The predicted octanol–water partition coefficient (Wildman–Crippen LogP) is 2.19. The van der Waals surface area contributed by atoms with Crippen molar-refractivity contribution in [3.63, 3.8) is 0 Å². The summed E-state index contributed by atoms with van der Waals surface area (Å²) >= 11 is 6.53. The van der Waals surface area contributed by atoms with E-state index in [4.69, 9.17) is 11.6 Å². The average Bonchev–Trinajstić information content (AvgIpc) is 3.02. The van der Waals surface area contributed by atoms with Gasteiger partial charge in [-0.2, -0.15) is 14.2 Å². The molecule has 116 valence electrons. The normalized spacial score (nSPS) is 11.0. The Morgan fingerprint density at radius 1 is 1.64 bits per heavy atom. The quantitative estimate of drug-likeness (QED) is 0.492. The van der Waals surface area contributed by atoms with Gasteiger partial charge in [-0.3, -0.25) is 4.79 Å². The molecule has 2 aromatic rings. The van der Waals surface area contributed by atoms with Gasteiger partial charge in [-0.25, -0.2) is 5.43 Å². The average molecular weight is 346 g/mol. The van der Waals surface area contributed by atoms with E-state index in [9.17, 15) is 19.3 Å². The van der Waals surface area contributed by atoms with Crippen molar-refractivity contribution in [2.45, 2.75) is 13.0 Å². The summed E-state index contributed by atoms with van der Waals surface area (Å²) in [5.74, 6) is -0.873. The lowest BCUT2D eigenvalue weighted by atomic mass is 10.4. The third-order valence-corrected chi connectivity index (χ3v) is 3.49. The Labute approximate surface area is 132 Å². The first kappa shape index (κ1) is 16.0. The van der Waals surface area contributed by atoms with Crippen LogP contribution in [0.3, 0.4) is 0 Å². The lowest BCUT2D eigenvalue weighted by Gasteiger charge is -1.97. The number of amides is 1. The number of halogens is 2. The van der Waals surface area contributed by atoms with Crippen LogP contribution in [0.4, 0.5) is 10.2 Å². The minimum Gasteiger partial charge on any atom is -0.358 e. The highest BCUT2D eigenvalue weighted by Crippen LogP contribution is 2.21. The van der Waals surface area contributed by atoms with Crippen LogP contribution in [-0.4, -0.2) is 26.8 Å². The van der Waals surface area contributed by atoms with E-state index in [-0.39, 0.29) is 23.1 Å². The maximum Gasteiger partial charge on any atom is 0.408 e. The van der Waals surface area contributed by atoms with Crippen molar-refractivity contribution in [3.05, 3.63) is 43.5 Å². The van der Waals surface area contributed by atoms with Crippen LogP contribution in [0.1, 0.15) is 11.3 Å².